The van der Waals surface area contributed by atoms with Gasteiger partial charge in [-0.2, -0.15) is 5.10 Å². The highest BCUT2D eigenvalue weighted by Crippen LogP contribution is 2.16. The predicted octanol–water partition coefficient (Wildman–Crippen LogP) is 2.27. The molecule has 0 aliphatic rings. The first-order valence-corrected chi connectivity index (χ1v) is 7.43. The fraction of sp³-hybridized carbons (Fsp3) is 0.0588. The van der Waals surface area contributed by atoms with Crippen molar-refractivity contribution in [2.24, 2.45) is 0 Å². The molecule has 0 saturated carbocycles. The summed E-state index contributed by atoms with van der Waals surface area (Å²) in [5.74, 6) is -2.74. The Morgan fingerprint density at radius 1 is 1.23 bits per heavy atom. The third kappa shape index (κ3) is 3.66. The summed E-state index contributed by atoms with van der Waals surface area (Å²) in [6.07, 6.45) is 3.45. The van der Waals surface area contributed by atoms with E-state index in [4.69, 9.17) is 0 Å². The number of allylic oxidation sites excluding steroid dienone is 1. The van der Waals surface area contributed by atoms with Gasteiger partial charge >= 0.3 is 5.97 Å². The average molecular weight is 356 g/mol. The highest BCUT2D eigenvalue weighted by molar-refractivity contribution is 6.07. The van der Waals surface area contributed by atoms with Crippen molar-refractivity contribution in [2.45, 2.75) is 6.54 Å². The summed E-state index contributed by atoms with van der Waals surface area (Å²) in [4.78, 5) is 27.4. The Hall–Kier alpha value is -3.75. The van der Waals surface area contributed by atoms with Crippen LogP contribution in [0.1, 0.15) is 32.2 Å². The monoisotopic (exact) mass is 356 g/mol. The van der Waals surface area contributed by atoms with Crippen molar-refractivity contribution >= 4 is 17.5 Å². The van der Waals surface area contributed by atoms with Crippen molar-refractivity contribution in [2.75, 3.05) is 0 Å². The maximum absolute atomic E-state index is 13.0. The summed E-state index contributed by atoms with van der Waals surface area (Å²) in [5.41, 5.74) is 0.644. The average Bonchev–Trinajstić information content (AvgIpc) is 3.26. The van der Waals surface area contributed by atoms with Gasteiger partial charge in [0.2, 0.25) is 11.6 Å². The number of carboxylic acid groups (broad SMARTS) is 1. The number of nitrogens with one attached hydrogen (secondary N) is 1. The molecule has 3 aromatic rings. The number of aromatic carboxylic acids is 1. The molecule has 132 valence electrons. The summed E-state index contributed by atoms with van der Waals surface area (Å²) in [7, 11) is 0. The lowest BCUT2D eigenvalue weighted by molar-refractivity contribution is 0.0696. The molecule has 8 nitrogen and oxygen atoms in total. The molecule has 9 heteroatoms. The van der Waals surface area contributed by atoms with E-state index in [-0.39, 0.29) is 23.6 Å². The van der Waals surface area contributed by atoms with Gasteiger partial charge in [0.1, 0.15) is 12.1 Å². The molecule has 2 heterocycles. The van der Waals surface area contributed by atoms with Crippen molar-refractivity contribution in [3.8, 4) is 0 Å². The topological polar surface area (TPSA) is 121 Å². The van der Waals surface area contributed by atoms with E-state index >= 15 is 0 Å². The van der Waals surface area contributed by atoms with E-state index < -0.39 is 23.3 Å². The van der Waals surface area contributed by atoms with Crippen LogP contribution in [0.5, 0.6) is 0 Å². The fourth-order valence-electron chi connectivity index (χ4n) is 2.35. The molecule has 0 amide bonds. The number of aromatic nitrogens is 4. The van der Waals surface area contributed by atoms with Gasteiger partial charge in [-0.3, -0.25) is 9.89 Å². The number of aliphatic hydroxyl groups excluding tert-OH is 1. The van der Waals surface area contributed by atoms with Crippen LogP contribution in [0.4, 0.5) is 4.39 Å². The van der Waals surface area contributed by atoms with Crippen molar-refractivity contribution in [1.29, 1.82) is 0 Å². The van der Waals surface area contributed by atoms with Crippen LogP contribution < -0.4 is 0 Å². The Bertz CT molecular complexity index is 975. The van der Waals surface area contributed by atoms with Crippen LogP contribution in [0.3, 0.4) is 0 Å². The summed E-state index contributed by atoms with van der Waals surface area (Å²) in [6.45, 7) is 0.157. The molecule has 2 aromatic heterocycles. The first-order valence-electron chi connectivity index (χ1n) is 7.43. The number of rotatable bonds is 6. The minimum absolute atomic E-state index is 0.0498. The first kappa shape index (κ1) is 17.1. The van der Waals surface area contributed by atoms with Crippen molar-refractivity contribution < 1.29 is 24.2 Å². The first-order chi connectivity index (χ1) is 12.4. The van der Waals surface area contributed by atoms with Gasteiger partial charge in [0.25, 0.3) is 0 Å². The molecule has 0 bridgehead atoms. The molecule has 3 N–H and O–H groups in total. The van der Waals surface area contributed by atoms with E-state index in [1.807, 2.05) is 0 Å². The zero-order valence-electron chi connectivity index (χ0n) is 13.3. The number of ketones is 1. The Morgan fingerprint density at radius 2 is 1.96 bits per heavy atom. The van der Waals surface area contributed by atoms with E-state index in [1.54, 1.807) is 0 Å². The maximum atomic E-state index is 13.0. The predicted molar refractivity (Wildman–Crippen MR) is 88.2 cm³/mol. The van der Waals surface area contributed by atoms with Crippen LogP contribution in [0.15, 0.2) is 48.9 Å². The minimum atomic E-state index is -1.20. The summed E-state index contributed by atoms with van der Waals surface area (Å²) < 4.78 is 14.4. The second-order valence-corrected chi connectivity index (χ2v) is 5.39. The molecule has 1 aromatic carbocycles. The molecule has 0 radical (unpaired) electrons. The number of aliphatic hydroxyl groups is 1. The molecule has 0 spiro atoms. The van der Waals surface area contributed by atoms with E-state index in [0.29, 0.717) is 5.56 Å². The van der Waals surface area contributed by atoms with Gasteiger partial charge in [-0.1, -0.05) is 12.1 Å². The Balaban J connectivity index is 1.94. The molecule has 0 atom stereocenters. The molecule has 26 heavy (non-hydrogen) atoms. The largest absolute Gasteiger partial charge is 0.504 e. The molecule has 3 rings (SSSR count). The van der Waals surface area contributed by atoms with Crippen molar-refractivity contribution in [3.05, 3.63) is 77.4 Å². The van der Waals surface area contributed by atoms with Gasteiger partial charge in [0, 0.05) is 18.8 Å². The zero-order chi connectivity index (χ0) is 18.7. The number of hydrogen-bond donors (Lipinski definition) is 3. The number of aromatic amines is 1. The number of halogens is 1. The molecule has 0 saturated heterocycles. The smallest absolute Gasteiger partial charge is 0.337 e. The maximum Gasteiger partial charge on any atom is 0.337 e. The van der Waals surface area contributed by atoms with Gasteiger partial charge in [-0.25, -0.2) is 14.2 Å². The lowest BCUT2D eigenvalue weighted by atomic mass is 10.2. The standard InChI is InChI=1S/C17H13FN4O4/c18-12-3-1-10(2-4-12)7-22-8-11(17(25)26)5-13(22)14(23)6-15(24)16-19-9-20-21-16/h1-6,8-9,24H,7H2,(H,25,26)(H,19,20,21). The summed E-state index contributed by atoms with van der Waals surface area (Å²) >= 11 is 0. The van der Waals surface area contributed by atoms with Crippen LogP contribution in [-0.2, 0) is 6.54 Å². The molecular formula is C17H13FN4O4. The lowest BCUT2D eigenvalue weighted by Crippen LogP contribution is -2.08. The van der Waals surface area contributed by atoms with Gasteiger partial charge in [0.05, 0.1) is 11.3 Å². The van der Waals surface area contributed by atoms with Gasteiger partial charge in [-0.15, -0.1) is 0 Å². The van der Waals surface area contributed by atoms with Crippen molar-refractivity contribution in [1.82, 2.24) is 19.7 Å². The van der Waals surface area contributed by atoms with Gasteiger partial charge < -0.3 is 14.8 Å². The fourth-order valence-corrected chi connectivity index (χ4v) is 2.35. The summed E-state index contributed by atoms with van der Waals surface area (Å²) in [6, 6.07) is 6.81. The lowest BCUT2D eigenvalue weighted by Gasteiger charge is -2.07. The number of carboxylic acids is 1. The van der Waals surface area contributed by atoms with E-state index in [2.05, 4.69) is 15.2 Å². The van der Waals surface area contributed by atoms with Crippen LogP contribution in [0, 0.1) is 5.82 Å². The van der Waals surface area contributed by atoms with Crippen LogP contribution in [0.2, 0.25) is 0 Å². The Labute approximate surface area is 146 Å². The molecule has 0 unspecified atom stereocenters. The van der Waals surface area contributed by atoms with Crippen molar-refractivity contribution in [3.63, 3.8) is 0 Å². The quantitative estimate of drug-likeness (QED) is 0.354. The van der Waals surface area contributed by atoms with Gasteiger partial charge in [0.15, 0.2) is 5.76 Å². The van der Waals surface area contributed by atoms with E-state index in [1.165, 1.54) is 47.4 Å². The number of H-pyrrole nitrogens is 1. The Morgan fingerprint density at radius 3 is 2.58 bits per heavy atom. The van der Waals surface area contributed by atoms with Crippen LogP contribution in [0.25, 0.3) is 5.76 Å². The molecule has 0 fully saturated rings. The third-order valence-corrected chi connectivity index (χ3v) is 3.57. The second kappa shape index (κ2) is 7.01. The number of carbonyl (C=O) groups is 2. The number of carbonyl (C=O) groups excluding carboxylic acids is 1. The summed E-state index contributed by atoms with van der Waals surface area (Å²) in [5, 5.41) is 25.1. The second-order valence-electron chi connectivity index (χ2n) is 5.39. The molecule has 0 aliphatic carbocycles. The normalized spacial score (nSPS) is 11.5. The minimum Gasteiger partial charge on any atom is -0.504 e. The van der Waals surface area contributed by atoms with Crippen LogP contribution >= 0.6 is 0 Å². The highest BCUT2D eigenvalue weighted by Gasteiger charge is 2.17. The van der Waals surface area contributed by atoms with E-state index in [0.717, 1.165) is 6.08 Å². The SMILES string of the molecule is O=C(O)c1cc(C(=O)C=C(O)c2nc[nH]n2)n(Cc2ccc(F)cc2)c1. The zero-order valence-corrected chi connectivity index (χ0v) is 13.3. The number of benzene rings is 1. The molecule has 0 aliphatic heterocycles. The van der Waals surface area contributed by atoms with Crippen LogP contribution in [-0.4, -0.2) is 41.7 Å². The number of hydrogen-bond acceptors (Lipinski definition) is 5. The Kier molecular flexibility index (Phi) is 4.61. The third-order valence-electron chi connectivity index (χ3n) is 3.57. The van der Waals surface area contributed by atoms with E-state index in [9.17, 15) is 24.2 Å². The highest BCUT2D eigenvalue weighted by atomic mass is 19.1. The number of nitrogens with zero attached hydrogens (tertiary/aromatic N) is 3. The molecular weight excluding hydrogens is 343 g/mol. The van der Waals surface area contributed by atoms with Gasteiger partial charge in [-0.05, 0) is 23.8 Å².